The molecule has 0 aliphatic heterocycles. The van der Waals surface area contributed by atoms with Crippen LogP contribution in [0.25, 0.3) is 0 Å². The van der Waals surface area contributed by atoms with E-state index in [1.807, 2.05) is 50.2 Å². The molecule has 0 saturated heterocycles. The van der Waals surface area contributed by atoms with Crippen LogP contribution in [0.15, 0.2) is 42.6 Å². The van der Waals surface area contributed by atoms with E-state index in [9.17, 15) is 4.79 Å². The van der Waals surface area contributed by atoms with Crippen molar-refractivity contribution >= 4 is 11.6 Å². The molecule has 110 valence electrons. The molecular formula is C17H21N3O. The quantitative estimate of drug-likeness (QED) is 0.885. The van der Waals surface area contributed by atoms with Gasteiger partial charge in [-0.15, -0.1) is 0 Å². The second-order valence-corrected chi connectivity index (χ2v) is 5.01. The van der Waals surface area contributed by atoms with E-state index in [-0.39, 0.29) is 11.9 Å². The van der Waals surface area contributed by atoms with E-state index in [0.717, 1.165) is 16.9 Å². The fourth-order valence-corrected chi connectivity index (χ4v) is 2.17. The lowest BCUT2D eigenvalue weighted by molar-refractivity contribution is 0.0956. The van der Waals surface area contributed by atoms with Gasteiger partial charge in [0, 0.05) is 24.0 Å². The third kappa shape index (κ3) is 3.81. The van der Waals surface area contributed by atoms with Gasteiger partial charge in [0.25, 0.3) is 5.91 Å². The Morgan fingerprint density at radius 3 is 2.71 bits per heavy atom. The molecule has 0 fully saturated rings. The smallest absolute Gasteiger partial charge is 0.251 e. The number of hydrogen-bond acceptors (Lipinski definition) is 3. The average molecular weight is 283 g/mol. The molecule has 1 unspecified atom stereocenters. The van der Waals surface area contributed by atoms with E-state index in [4.69, 9.17) is 0 Å². The summed E-state index contributed by atoms with van der Waals surface area (Å²) in [5, 5.41) is 6.24. The Morgan fingerprint density at radius 2 is 2.10 bits per heavy atom. The van der Waals surface area contributed by atoms with Gasteiger partial charge in [-0.3, -0.25) is 9.78 Å². The maximum absolute atomic E-state index is 11.8. The number of aromatic nitrogens is 1. The highest BCUT2D eigenvalue weighted by atomic mass is 16.1. The third-order valence-electron chi connectivity index (χ3n) is 3.33. The number of aryl methyl sites for hydroxylation is 1. The third-order valence-corrected chi connectivity index (χ3v) is 3.33. The van der Waals surface area contributed by atoms with Crippen LogP contribution in [0.2, 0.25) is 0 Å². The van der Waals surface area contributed by atoms with Crippen molar-refractivity contribution in [1.82, 2.24) is 10.3 Å². The highest BCUT2D eigenvalue weighted by molar-refractivity contribution is 5.94. The Labute approximate surface area is 125 Å². The molecular weight excluding hydrogens is 262 g/mol. The minimum absolute atomic E-state index is 0.0371. The molecule has 1 atom stereocenters. The monoisotopic (exact) mass is 283 g/mol. The summed E-state index contributed by atoms with van der Waals surface area (Å²) in [6.45, 7) is 6.61. The van der Waals surface area contributed by atoms with Crippen molar-refractivity contribution in [3.05, 3.63) is 59.4 Å². The number of nitrogens with zero attached hydrogens (tertiary/aromatic N) is 1. The number of anilines is 1. The fourth-order valence-electron chi connectivity index (χ4n) is 2.17. The van der Waals surface area contributed by atoms with Crippen LogP contribution < -0.4 is 10.6 Å². The predicted octanol–water partition coefficient (Wildman–Crippen LogP) is 3.31. The van der Waals surface area contributed by atoms with Gasteiger partial charge in [0.05, 0.1) is 11.7 Å². The lowest BCUT2D eigenvalue weighted by atomic mass is 10.1. The standard InChI is InChI=1S/C17H21N3O/c1-4-18-17(21)14-8-9-15(12(2)11-14)20-13(3)16-7-5-6-10-19-16/h5-11,13,20H,4H2,1-3H3,(H,18,21). The summed E-state index contributed by atoms with van der Waals surface area (Å²) in [5.41, 5.74) is 3.73. The molecule has 2 rings (SSSR count). The Hall–Kier alpha value is -2.36. The molecule has 21 heavy (non-hydrogen) atoms. The number of pyridine rings is 1. The molecule has 4 nitrogen and oxygen atoms in total. The van der Waals surface area contributed by atoms with Crippen molar-refractivity contribution in [3.63, 3.8) is 0 Å². The van der Waals surface area contributed by atoms with Crippen LogP contribution in [0.1, 0.15) is 41.5 Å². The van der Waals surface area contributed by atoms with Crippen LogP contribution in [-0.4, -0.2) is 17.4 Å². The Bertz CT molecular complexity index is 611. The second-order valence-electron chi connectivity index (χ2n) is 5.01. The minimum Gasteiger partial charge on any atom is -0.377 e. The van der Waals surface area contributed by atoms with Gasteiger partial charge in [0.2, 0.25) is 0 Å². The fraction of sp³-hybridized carbons (Fsp3) is 0.294. The predicted molar refractivity (Wildman–Crippen MR) is 85.5 cm³/mol. The van der Waals surface area contributed by atoms with Crippen LogP contribution in [-0.2, 0) is 0 Å². The van der Waals surface area contributed by atoms with E-state index in [0.29, 0.717) is 12.1 Å². The Kier molecular flexibility index (Phi) is 4.93. The van der Waals surface area contributed by atoms with Crippen LogP contribution in [0.5, 0.6) is 0 Å². The molecule has 0 spiro atoms. The summed E-state index contributed by atoms with van der Waals surface area (Å²) < 4.78 is 0. The molecule has 0 aliphatic rings. The molecule has 2 aromatic rings. The first-order valence-corrected chi connectivity index (χ1v) is 7.18. The highest BCUT2D eigenvalue weighted by Gasteiger charge is 2.10. The van der Waals surface area contributed by atoms with Crippen molar-refractivity contribution < 1.29 is 4.79 Å². The Morgan fingerprint density at radius 1 is 1.29 bits per heavy atom. The van der Waals surface area contributed by atoms with E-state index in [1.54, 1.807) is 6.20 Å². The summed E-state index contributed by atoms with van der Waals surface area (Å²) >= 11 is 0. The first-order valence-electron chi connectivity index (χ1n) is 7.18. The number of nitrogens with one attached hydrogen (secondary N) is 2. The molecule has 1 amide bonds. The number of hydrogen-bond donors (Lipinski definition) is 2. The zero-order chi connectivity index (χ0) is 15.2. The van der Waals surface area contributed by atoms with Gasteiger partial charge in [-0.1, -0.05) is 6.07 Å². The van der Waals surface area contributed by atoms with Gasteiger partial charge in [-0.2, -0.15) is 0 Å². The maximum atomic E-state index is 11.8. The number of carbonyl (C=O) groups excluding carboxylic acids is 1. The molecule has 1 aromatic heterocycles. The van der Waals surface area contributed by atoms with Crippen LogP contribution >= 0.6 is 0 Å². The van der Waals surface area contributed by atoms with Crippen molar-refractivity contribution in [2.45, 2.75) is 26.8 Å². The molecule has 0 aliphatic carbocycles. The lowest BCUT2D eigenvalue weighted by Gasteiger charge is -2.17. The zero-order valence-corrected chi connectivity index (χ0v) is 12.7. The van der Waals surface area contributed by atoms with Gasteiger partial charge < -0.3 is 10.6 Å². The number of carbonyl (C=O) groups is 1. The van der Waals surface area contributed by atoms with Gasteiger partial charge in [-0.25, -0.2) is 0 Å². The van der Waals surface area contributed by atoms with E-state index < -0.39 is 0 Å². The van der Waals surface area contributed by atoms with E-state index in [1.165, 1.54) is 0 Å². The van der Waals surface area contributed by atoms with E-state index >= 15 is 0 Å². The van der Waals surface area contributed by atoms with Gasteiger partial charge >= 0.3 is 0 Å². The number of benzene rings is 1. The zero-order valence-electron chi connectivity index (χ0n) is 12.7. The van der Waals surface area contributed by atoms with Crippen molar-refractivity contribution in [3.8, 4) is 0 Å². The Balaban J connectivity index is 2.13. The molecule has 1 heterocycles. The largest absolute Gasteiger partial charge is 0.377 e. The van der Waals surface area contributed by atoms with E-state index in [2.05, 4.69) is 22.5 Å². The normalized spacial score (nSPS) is 11.8. The van der Waals surface area contributed by atoms with Crippen molar-refractivity contribution in [2.75, 3.05) is 11.9 Å². The summed E-state index contributed by atoms with van der Waals surface area (Å²) in [4.78, 5) is 16.2. The highest BCUT2D eigenvalue weighted by Crippen LogP contribution is 2.22. The van der Waals surface area contributed by atoms with Gasteiger partial charge in [0.15, 0.2) is 0 Å². The van der Waals surface area contributed by atoms with Gasteiger partial charge in [-0.05, 0) is 56.7 Å². The molecule has 0 radical (unpaired) electrons. The summed E-state index contributed by atoms with van der Waals surface area (Å²) in [7, 11) is 0. The number of amides is 1. The SMILES string of the molecule is CCNC(=O)c1ccc(NC(C)c2ccccn2)c(C)c1. The molecule has 0 saturated carbocycles. The number of rotatable bonds is 5. The van der Waals surface area contributed by atoms with Crippen molar-refractivity contribution in [2.24, 2.45) is 0 Å². The summed E-state index contributed by atoms with van der Waals surface area (Å²) in [6.07, 6.45) is 1.79. The summed E-state index contributed by atoms with van der Waals surface area (Å²) in [5.74, 6) is -0.0371. The maximum Gasteiger partial charge on any atom is 0.251 e. The van der Waals surface area contributed by atoms with Crippen molar-refractivity contribution in [1.29, 1.82) is 0 Å². The molecule has 2 N–H and O–H groups in total. The second kappa shape index (κ2) is 6.88. The lowest BCUT2D eigenvalue weighted by Crippen LogP contribution is -2.22. The average Bonchev–Trinajstić information content (AvgIpc) is 2.50. The minimum atomic E-state index is -0.0371. The van der Waals surface area contributed by atoms with Crippen LogP contribution in [0.3, 0.4) is 0 Å². The van der Waals surface area contributed by atoms with Gasteiger partial charge in [0.1, 0.15) is 0 Å². The molecule has 4 heteroatoms. The summed E-state index contributed by atoms with van der Waals surface area (Å²) in [6, 6.07) is 11.7. The van der Waals surface area contributed by atoms with Crippen LogP contribution in [0.4, 0.5) is 5.69 Å². The van der Waals surface area contributed by atoms with Crippen LogP contribution in [0, 0.1) is 6.92 Å². The first-order chi connectivity index (χ1) is 10.1. The molecule has 1 aromatic carbocycles. The topological polar surface area (TPSA) is 54.0 Å². The first kappa shape index (κ1) is 15.0. The molecule has 0 bridgehead atoms.